The summed E-state index contributed by atoms with van der Waals surface area (Å²) >= 11 is 0. The van der Waals surface area contributed by atoms with Crippen molar-refractivity contribution in [2.75, 3.05) is 6.61 Å². The van der Waals surface area contributed by atoms with Gasteiger partial charge in [-0.25, -0.2) is 9.18 Å². The Bertz CT molecular complexity index is 619. The number of carbonyl (C=O) groups excluding carboxylic acids is 1. The minimum atomic E-state index is -4.51. The number of aryl methyl sites for hydroxylation is 1. The maximum Gasteiger partial charge on any atom is 0.330 e. The summed E-state index contributed by atoms with van der Waals surface area (Å²) in [4.78, 5) is 10.7. The zero-order valence-electron chi connectivity index (χ0n) is 10.4. The molecule has 0 heterocycles. The largest absolute Gasteiger partial charge is 0.463 e. The lowest BCUT2D eigenvalue weighted by atomic mass is 10.1. The molecule has 1 aromatic rings. The second-order valence-electron chi connectivity index (χ2n) is 3.70. The number of hydrogen-bond donors (Lipinski definition) is 1. The van der Waals surface area contributed by atoms with Crippen LogP contribution in [0.4, 0.5) is 4.39 Å². The Morgan fingerprint density at radius 1 is 1.47 bits per heavy atom. The van der Waals surface area contributed by atoms with Gasteiger partial charge in [0.25, 0.3) is 10.1 Å². The molecule has 0 aliphatic heterocycles. The molecule has 0 aromatic heterocycles. The normalized spacial score (nSPS) is 11.8. The first-order valence-electron chi connectivity index (χ1n) is 5.38. The quantitative estimate of drug-likeness (QED) is 0.520. The highest BCUT2D eigenvalue weighted by atomic mass is 32.2. The number of carbonyl (C=O) groups is 1. The van der Waals surface area contributed by atoms with Crippen LogP contribution in [0.2, 0.25) is 0 Å². The number of hydrogen-bond acceptors (Lipinski definition) is 4. The van der Waals surface area contributed by atoms with E-state index in [1.807, 2.05) is 0 Å². The molecule has 104 valence electrons. The highest BCUT2D eigenvalue weighted by molar-refractivity contribution is 7.86. The van der Waals surface area contributed by atoms with E-state index in [1.54, 1.807) is 6.92 Å². The Morgan fingerprint density at radius 3 is 2.63 bits per heavy atom. The fourth-order valence-corrected chi connectivity index (χ4v) is 2.47. The van der Waals surface area contributed by atoms with Crippen LogP contribution in [-0.4, -0.2) is 25.5 Å². The van der Waals surface area contributed by atoms with Gasteiger partial charge in [0.2, 0.25) is 0 Å². The van der Waals surface area contributed by atoms with Crippen LogP contribution in [0.1, 0.15) is 18.1 Å². The molecule has 0 saturated heterocycles. The van der Waals surface area contributed by atoms with E-state index in [-0.39, 0.29) is 17.7 Å². The highest BCUT2D eigenvalue weighted by Gasteiger charge is 2.18. The van der Waals surface area contributed by atoms with E-state index in [9.17, 15) is 17.6 Å². The zero-order chi connectivity index (χ0) is 14.6. The van der Waals surface area contributed by atoms with Crippen molar-refractivity contribution in [3.8, 4) is 0 Å². The van der Waals surface area contributed by atoms with Gasteiger partial charge in [-0.05, 0) is 43.2 Å². The monoisotopic (exact) mass is 288 g/mol. The Balaban J connectivity index is 3.31. The fraction of sp³-hybridized carbons (Fsp3) is 0.250. The van der Waals surface area contributed by atoms with Crippen LogP contribution < -0.4 is 0 Å². The maximum absolute atomic E-state index is 13.2. The molecule has 1 N–H and O–H groups in total. The standard InChI is InChI=1S/C12H13FO5S/c1-3-18-11(14)5-4-9-7-10(13)6-8(2)12(9)19(15,16)17/h4-7H,3H2,1-2H3,(H,15,16,17)/b5-4+. The predicted molar refractivity (Wildman–Crippen MR) is 66.6 cm³/mol. The molecular formula is C12H13FO5S. The molecule has 0 aliphatic rings. The zero-order valence-corrected chi connectivity index (χ0v) is 11.2. The number of esters is 1. The Labute approximate surface area is 110 Å². The predicted octanol–water partition coefficient (Wildman–Crippen LogP) is 1.96. The van der Waals surface area contributed by atoms with Crippen molar-refractivity contribution >= 4 is 22.2 Å². The van der Waals surface area contributed by atoms with Crippen LogP contribution in [0.5, 0.6) is 0 Å². The Kier molecular flexibility index (Phi) is 4.79. The van der Waals surface area contributed by atoms with Crippen LogP contribution in [0.15, 0.2) is 23.1 Å². The van der Waals surface area contributed by atoms with Gasteiger partial charge in [0.1, 0.15) is 10.7 Å². The summed E-state index contributed by atoms with van der Waals surface area (Å²) in [7, 11) is -4.51. The molecule has 7 heteroatoms. The van der Waals surface area contributed by atoms with Crippen LogP contribution >= 0.6 is 0 Å². The van der Waals surface area contributed by atoms with Crippen LogP contribution in [0.25, 0.3) is 6.08 Å². The van der Waals surface area contributed by atoms with Gasteiger partial charge in [0.15, 0.2) is 0 Å². The summed E-state index contributed by atoms with van der Waals surface area (Å²) in [6.07, 6.45) is 2.05. The summed E-state index contributed by atoms with van der Waals surface area (Å²) in [5.74, 6) is -1.36. The van der Waals surface area contributed by atoms with Crippen molar-refractivity contribution in [3.05, 3.63) is 35.2 Å². The third-order valence-electron chi connectivity index (χ3n) is 2.21. The lowest BCUT2D eigenvalue weighted by Crippen LogP contribution is -2.05. The van der Waals surface area contributed by atoms with Gasteiger partial charge in [0.05, 0.1) is 6.61 Å². The van der Waals surface area contributed by atoms with Crippen LogP contribution in [-0.2, 0) is 19.6 Å². The van der Waals surface area contributed by atoms with Crippen molar-refractivity contribution in [3.63, 3.8) is 0 Å². The number of benzene rings is 1. The number of ether oxygens (including phenoxy) is 1. The molecule has 0 bridgehead atoms. The van der Waals surface area contributed by atoms with Crippen molar-refractivity contribution < 1.29 is 26.9 Å². The summed E-state index contributed by atoms with van der Waals surface area (Å²) < 4.78 is 49.4. The number of rotatable bonds is 4. The molecule has 0 aliphatic carbocycles. The highest BCUT2D eigenvalue weighted by Crippen LogP contribution is 2.23. The first-order chi connectivity index (χ1) is 8.75. The molecule has 19 heavy (non-hydrogen) atoms. The van der Waals surface area contributed by atoms with Gasteiger partial charge in [-0.3, -0.25) is 4.55 Å². The first-order valence-corrected chi connectivity index (χ1v) is 6.82. The second kappa shape index (κ2) is 5.94. The van der Waals surface area contributed by atoms with Crippen molar-refractivity contribution in [1.29, 1.82) is 0 Å². The van der Waals surface area contributed by atoms with E-state index >= 15 is 0 Å². The van der Waals surface area contributed by atoms with E-state index in [1.165, 1.54) is 6.92 Å². The van der Waals surface area contributed by atoms with E-state index in [0.717, 1.165) is 24.3 Å². The molecule has 5 nitrogen and oxygen atoms in total. The Hall–Kier alpha value is -1.73. The van der Waals surface area contributed by atoms with E-state index in [4.69, 9.17) is 4.55 Å². The lowest BCUT2D eigenvalue weighted by molar-refractivity contribution is -0.137. The maximum atomic E-state index is 13.2. The van der Waals surface area contributed by atoms with Gasteiger partial charge in [-0.2, -0.15) is 8.42 Å². The average Bonchev–Trinajstić information content (AvgIpc) is 2.23. The van der Waals surface area contributed by atoms with Gasteiger partial charge < -0.3 is 4.74 Å². The Morgan fingerprint density at radius 2 is 2.11 bits per heavy atom. The molecule has 1 aromatic carbocycles. The third kappa shape index (κ3) is 4.15. The number of halogens is 1. The third-order valence-corrected chi connectivity index (χ3v) is 3.29. The smallest absolute Gasteiger partial charge is 0.330 e. The van der Waals surface area contributed by atoms with E-state index in [0.29, 0.717) is 0 Å². The summed E-state index contributed by atoms with van der Waals surface area (Å²) in [6, 6.07) is 1.89. The van der Waals surface area contributed by atoms with Crippen LogP contribution in [0.3, 0.4) is 0 Å². The van der Waals surface area contributed by atoms with Crippen molar-refractivity contribution in [1.82, 2.24) is 0 Å². The molecule has 0 atom stereocenters. The minimum absolute atomic E-state index is 0.0472. The van der Waals surface area contributed by atoms with Crippen LogP contribution in [0, 0.1) is 12.7 Å². The molecule has 0 saturated carbocycles. The molecule has 0 fully saturated rings. The topological polar surface area (TPSA) is 80.7 Å². The van der Waals surface area contributed by atoms with Gasteiger partial charge in [-0.15, -0.1) is 0 Å². The molecule has 0 radical (unpaired) electrons. The van der Waals surface area contributed by atoms with Gasteiger partial charge in [-0.1, -0.05) is 0 Å². The van der Waals surface area contributed by atoms with Crippen molar-refractivity contribution in [2.24, 2.45) is 0 Å². The van der Waals surface area contributed by atoms with E-state index < -0.39 is 26.8 Å². The van der Waals surface area contributed by atoms with E-state index in [2.05, 4.69) is 4.74 Å². The molecule has 1 rings (SSSR count). The first kappa shape index (κ1) is 15.3. The SMILES string of the molecule is CCOC(=O)/C=C/c1cc(F)cc(C)c1S(=O)(=O)O. The minimum Gasteiger partial charge on any atom is -0.463 e. The summed E-state index contributed by atoms with van der Waals surface area (Å²) in [5, 5.41) is 0. The van der Waals surface area contributed by atoms with Gasteiger partial charge >= 0.3 is 5.97 Å². The molecule has 0 spiro atoms. The fourth-order valence-electron chi connectivity index (χ4n) is 1.58. The molecule has 0 unspecified atom stereocenters. The second-order valence-corrected chi connectivity index (χ2v) is 5.06. The summed E-state index contributed by atoms with van der Waals surface area (Å²) in [6.45, 7) is 3.12. The summed E-state index contributed by atoms with van der Waals surface area (Å²) in [5.41, 5.74) is -0.0703. The van der Waals surface area contributed by atoms with Crippen molar-refractivity contribution in [2.45, 2.75) is 18.7 Å². The van der Waals surface area contributed by atoms with Gasteiger partial charge in [0, 0.05) is 6.08 Å². The lowest BCUT2D eigenvalue weighted by Gasteiger charge is -2.07. The molecular weight excluding hydrogens is 275 g/mol. The average molecular weight is 288 g/mol. The molecule has 0 amide bonds.